The monoisotopic (exact) mass is 521 g/mol. The van der Waals surface area contributed by atoms with Gasteiger partial charge in [-0.3, -0.25) is 9.59 Å². The molecule has 0 radical (unpaired) electrons. The van der Waals surface area contributed by atoms with E-state index >= 15 is 0 Å². The molecule has 1 fully saturated rings. The molecule has 0 saturated heterocycles. The van der Waals surface area contributed by atoms with E-state index in [9.17, 15) is 19.5 Å². The number of carbonyl (C=O) groups is 3. The van der Waals surface area contributed by atoms with E-state index in [4.69, 9.17) is 0 Å². The van der Waals surface area contributed by atoms with Gasteiger partial charge in [0.1, 0.15) is 11.9 Å². The van der Waals surface area contributed by atoms with Crippen molar-refractivity contribution in [1.82, 2.24) is 25.6 Å². The quantitative estimate of drug-likeness (QED) is 0.247. The van der Waals surface area contributed by atoms with E-state index < -0.39 is 18.1 Å². The summed E-state index contributed by atoms with van der Waals surface area (Å²) in [6.45, 7) is 5.69. The zero-order chi connectivity index (χ0) is 27.2. The van der Waals surface area contributed by atoms with Crippen molar-refractivity contribution < 1.29 is 19.5 Å². The number of carboxylic acid groups (broad SMARTS) is 1. The lowest BCUT2D eigenvalue weighted by Crippen LogP contribution is -2.49. The van der Waals surface area contributed by atoms with E-state index in [0.717, 1.165) is 42.1 Å². The van der Waals surface area contributed by atoms with Crippen LogP contribution in [-0.2, 0) is 16.0 Å². The Hall–Kier alpha value is -3.62. The minimum atomic E-state index is -1.13. The number of aryl methyl sites for hydroxylation is 1. The molecule has 204 valence electrons. The lowest BCUT2D eigenvalue weighted by atomic mass is 9.86. The van der Waals surface area contributed by atoms with Crippen molar-refractivity contribution in [3.63, 3.8) is 0 Å². The Morgan fingerprint density at radius 3 is 2.53 bits per heavy atom. The molecule has 1 aliphatic carbocycles. The standard InChI is InChI=1S/C29H39N5O4/c1-17(2)13-24(32-25(35)14-19-9-5-4-6-10-19)28(36)33-23(27-31-18(3)26(34-27)29(37)38)15-20-16-30-22-12-8-7-11-21(20)22/h7-8,11-12,16-17,19,23-24,30H,4-6,9-10,13-15H2,1-3H3,(H,31,34)(H,32,35)(H,33,36)(H,37,38)/t23-,24?/m1/s1. The largest absolute Gasteiger partial charge is 0.476 e. The van der Waals surface area contributed by atoms with Gasteiger partial charge in [-0.2, -0.15) is 0 Å². The molecule has 2 heterocycles. The van der Waals surface area contributed by atoms with Gasteiger partial charge in [-0.25, -0.2) is 9.78 Å². The second kappa shape index (κ2) is 12.3. The number of nitrogens with zero attached hydrogens (tertiary/aromatic N) is 1. The molecule has 0 aliphatic heterocycles. The van der Waals surface area contributed by atoms with Gasteiger partial charge in [0.2, 0.25) is 11.8 Å². The first-order chi connectivity index (χ1) is 18.2. The molecule has 38 heavy (non-hydrogen) atoms. The van der Waals surface area contributed by atoms with E-state index in [-0.39, 0.29) is 23.4 Å². The smallest absolute Gasteiger partial charge is 0.356 e. The first kappa shape index (κ1) is 27.4. The summed E-state index contributed by atoms with van der Waals surface area (Å²) < 4.78 is 0. The Kier molecular flexibility index (Phi) is 8.86. The second-order valence-corrected chi connectivity index (χ2v) is 11.0. The summed E-state index contributed by atoms with van der Waals surface area (Å²) in [5, 5.41) is 16.6. The van der Waals surface area contributed by atoms with Crippen LogP contribution in [0.25, 0.3) is 10.9 Å². The van der Waals surface area contributed by atoms with Gasteiger partial charge >= 0.3 is 5.97 Å². The summed E-state index contributed by atoms with van der Waals surface area (Å²) in [5.41, 5.74) is 2.29. The van der Waals surface area contributed by atoms with E-state index in [1.807, 2.05) is 44.3 Å². The lowest BCUT2D eigenvalue weighted by Gasteiger charge is -2.25. The number of aromatic amines is 2. The third kappa shape index (κ3) is 6.82. The summed E-state index contributed by atoms with van der Waals surface area (Å²) in [5.74, 6) is -0.580. The summed E-state index contributed by atoms with van der Waals surface area (Å²) >= 11 is 0. The maximum absolute atomic E-state index is 13.6. The number of para-hydroxylation sites is 1. The molecule has 1 aliphatic rings. The van der Waals surface area contributed by atoms with Crippen LogP contribution in [0.15, 0.2) is 30.5 Å². The fourth-order valence-corrected chi connectivity index (χ4v) is 5.48. The number of carbonyl (C=O) groups excluding carboxylic acids is 2. The maximum Gasteiger partial charge on any atom is 0.356 e. The van der Waals surface area contributed by atoms with Crippen LogP contribution in [-0.4, -0.2) is 43.9 Å². The summed E-state index contributed by atoms with van der Waals surface area (Å²) in [7, 11) is 0. The van der Waals surface area contributed by atoms with Gasteiger partial charge in [0.05, 0.1) is 6.04 Å². The van der Waals surface area contributed by atoms with Gasteiger partial charge in [-0.1, -0.05) is 51.3 Å². The minimum Gasteiger partial charge on any atom is -0.476 e. The number of carboxylic acids is 1. The number of aromatic nitrogens is 3. The number of fused-ring (bicyclic) bond motifs is 1. The predicted octanol–water partition coefficient (Wildman–Crippen LogP) is 4.80. The second-order valence-electron chi connectivity index (χ2n) is 11.0. The fraction of sp³-hybridized carbons (Fsp3) is 0.517. The van der Waals surface area contributed by atoms with E-state index in [0.29, 0.717) is 36.7 Å². The Morgan fingerprint density at radius 2 is 1.84 bits per heavy atom. The minimum absolute atomic E-state index is 0.0716. The zero-order valence-electron chi connectivity index (χ0n) is 22.5. The SMILES string of the molecule is Cc1[nH]c([C@@H](Cc2c[nH]c3ccccc23)NC(=O)C(CC(C)C)NC(=O)CC2CCCCC2)nc1C(=O)O. The van der Waals surface area contributed by atoms with Crippen molar-refractivity contribution in [3.8, 4) is 0 Å². The highest BCUT2D eigenvalue weighted by Crippen LogP contribution is 2.27. The third-order valence-electron chi connectivity index (χ3n) is 7.41. The van der Waals surface area contributed by atoms with Gasteiger partial charge in [0, 0.05) is 35.6 Å². The van der Waals surface area contributed by atoms with Gasteiger partial charge in [0.15, 0.2) is 5.69 Å². The van der Waals surface area contributed by atoms with Gasteiger partial charge in [0.25, 0.3) is 0 Å². The van der Waals surface area contributed by atoms with Gasteiger partial charge in [-0.15, -0.1) is 0 Å². The molecule has 0 spiro atoms. The molecular weight excluding hydrogens is 482 g/mol. The molecular formula is C29H39N5O4. The van der Waals surface area contributed by atoms with Crippen LogP contribution in [0.4, 0.5) is 0 Å². The number of nitrogens with one attached hydrogen (secondary N) is 4. The number of amides is 2. The summed E-state index contributed by atoms with van der Waals surface area (Å²) in [6, 6.07) is 6.58. The molecule has 9 nitrogen and oxygen atoms in total. The molecule has 2 aromatic heterocycles. The zero-order valence-corrected chi connectivity index (χ0v) is 22.5. The molecule has 5 N–H and O–H groups in total. The van der Waals surface area contributed by atoms with Gasteiger partial charge < -0.3 is 25.7 Å². The summed E-state index contributed by atoms with van der Waals surface area (Å²) in [6.07, 6.45) is 8.90. The summed E-state index contributed by atoms with van der Waals surface area (Å²) in [4.78, 5) is 48.8. The normalized spacial score (nSPS) is 15.9. The average Bonchev–Trinajstić information content (AvgIpc) is 3.47. The Balaban J connectivity index is 1.56. The molecule has 2 atom stereocenters. The average molecular weight is 522 g/mol. The number of hydrogen-bond donors (Lipinski definition) is 5. The number of aromatic carboxylic acids is 1. The van der Waals surface area contributed by atoms with E-state index in [2.05, 4.69) is 25.6 Å². The Bertz CT molecular complexity index is 1270. The van der Waals surface area contributed by atoms with Crippen LogP contribution >= 0.6 is 0 Å². The molecule has 1 saturated carbocycles. The van der Waals surface area contributed by atoms with Crippen molar-refractivity contribution in [3.05, 3.63) is 53.2 Å². The first-order valence-electron chi connectivity index (χ1n) is 13.7. The van der Waals surface area contributed by atoms with Crippen LogP contribution in [0.3, 0.4) is 0 Å². The third-order valence-corrected chi connectivity index (χ3v) is 7.41. The van der Waals surface area contributed by atoms with E-state index in [1.54, 1.807) is 6.92 Å². The molecule has 1 unspecified atom stereocenters. The number of hydrogen-bond acceptors (Lipinski definition) is 4. The van der Waals surface area contributed by atoms with Crippen LogP contribution in [0, 0.1) is 18.8 Å². The predicted molar refractivity (Wildman–Crippen MR) is 146 cm³/mol. The fourth-order valence-electron chi connectivity index (χ4n) is 5.48. The highest BCUT2D eigenvalue weighted by molar-refractivity contribution is 5.89. The number of benzene rings is 1. The van der Waals surface area contributed by atoms with Crippen molar-refractivity contribution in [2.24, 2.45) is 11.8 Å². The molecule has 3 aromatic rings. The first-order valence-corrected chi connectivity index (χ1v) is 13.7. The number of H-pyrrole nitrogens is 2. The van der Waals surface area contributed by atoms with E-state index in [1.165, 1.54) is 6.42 Å². The van der Waals surface area contributed by atoms with Crippen molar-refractivity contribution in [1.29, 1.82) is 0 Å². The highest BCUT2D eigenvalue weighted by Gasteiger charge is 2.29. The van der Waals surface area contributed by atoms with Gasteiger partial charge in [-0.05, 0) is 49.7 Å². The molecule has 9 heteroatoms. The lowest BCUT2D eigenvalue weighted by molar-refractivity contribution is -0.130. The Labute approximate surface area is 223 Å². The topological polar surface area (TPSA) is 140 Å². The van der Waals surface area contributed by atoms with Crippen LogP contribution < -0.4 is 10.6 Å². The number of imidazole rings is 1. The van der Waals surface area contributed by atoms with Crippen molar-refractivity contribution >= 4 is 28.7 Å². The number of rotatable bonds is 11. The highest BCUT2D eigenvalue weighted by atomic mass is 16.4. The van der Waals surface area contributed by atoms with Crippen LogP contribution in [0.1, 0.15) is 92.4 Å². The molecule has 0 bridgehead atoms. The Morgan fingerprint density at radius 1 is 1.11 bits per heavy atom. The van der Waals surface area contributed by atoms with Crippen LogP contribution in [0.5, 0.6) is 0 Å². The van der Waals surface area contributed by atoms with Crippen molar-refractivity contribution in [2.75, 3.05) is 0 Å². The molecule has 1 aromatic carbocycles. The van der Waals surface area contributed by atoms with Crippen LogP contribution in [0.2, 0.25) is 0 Å². The molecule has 2 amide bonds. The van der Waals surface area contributed by atoms with Crippen molar-refractivity contribution in [2.45, 2.75) is 84.2 Å². The maximum atomic E-state index is 13.6. The molecule has 4 rings (SSSR count).